The van der Waals surface area contributed by atoms with Crippen molar-refractivity contribution in [3.05, 3.63) is 45.4 Å². The molecular formula is C19H21IN2O5. The first-order valence-electron chi connectivity index (χ1n) is 8.57. The predicted molar refractivity (Wildman–Crippen MR) is 107 cm³/mol. The second kappa shape index (κ2) is 8.64. The topological polar surface area (TPSA) is 81.0 Å². The molecule has 0 aliphatic carbocycles. The maximum Gasteiger partial charge on any atom is 0.257 e. The predicted octanol–water partition coefficient (Wildman–Crippen LogP) is 2.94. The zero-order chi connectivity index (χ0) is 19.4. The molecule has 0 unspecified atom stereocenters. The number of amides is 2. The van der Waals surface area contributed by atoms with Crippen molar-refractivity contribution in [2.45, 2.75) is 18.9 Å². The third-order valence-electron chi connectivity index (χ3n) is 4.60. The summed E-state index contributed by atoms with van der Waals surface area (Å²) in [7, 11) is 3.10. The van der Waals surface area contributed by atoms with Gasteiger partial charge in [-0.2, -0.15) is 0 Å². The normalized spacial score (nSPS) is 14.7. The molecule has 1 saturated heterocycles. The maximum absolute atomic E-state index is 12.7. The fraction of sp³-hybridized carbons (Fsp3) is 0.368. The minimum Gasteiger partial charge on any atom is -0.493 e. The number of piperidine rings is 1. The van der Waals surface area contributed by atoms with Crippen molar-refractivity contribution in [2.75, 3.05) is 27.3 Å². The van der Waals surface area contributed by atoms with E-state index in [4.69, 9.17) is 13.9 Å². The molecule has 0 bridgehead atoms. The van der Waals surface area contributed by atoms with Gasteiger partial charge in [-0.25, -0.2) is 0 Å². The van der Waals surface area contributed by atoms with E-state index in [1.807, 2.05) is 0 Å². The van der Waals surface area contributed by atoms with Crippen LogP contribution in [-0.4, -0.2) is 50.1 Å². The molecule has 0 atom stereocenters. The number of methoxy groups -OCH3 is 2. The van der Waals surface area contributed by atoms with Crippen LogP contribution < -0.4 is 14.8 Å². The molecule has 27 heavy (non-hydrogen) atoms. The number of nitrogens with zero attached hydrogens (tertiary/aromatic N) is 1. The molecule has 3 rings (SSSR count). The van der Waals surface area contributed by atoms with Gasteiger partial charge in [0.25, 0.3) is 11.8 Å². The van der Waals surface area contributed by atoms with Crippen LogP contribution in [0.3, 0.4) is 0 Å². The molecule has 1 aromatic heterocycles. The van der Waals surface area contributed by atoms with Crippen molar-refractivity contribution in [1.82, 2.24) is 10.2 Å². The largest absolute Gasteiger partial charge is 0.493 e. The van der Waals surface area contributed by atoms with Gasteiger partial charge in [0, 0.05) is 22.7 Å². The van der Waals surface area contributed by atoms with Crippen LogP contribution in [0.15, 0.2) is 35.1 Å². The third kappa shape index (κ3) is 4.37. The Labute approximate surface area is 171 Å². The fourth-order valence-corrected chi connectivity index (χ4v) is 3.77. The Bertz CT molecular complexity index is 814. The molecule has 1 aromatic carbocycles. The van der Waals surface area contributed by atoms with Crippen molar-refractivity contribution >= 4 is 34.4 Å². The van der Waals surface area contributed by atoms with Crippen molar-refractivity contribution < 1.29 is 23.5 Å². The van der Waals surface area contributed by atoms with E-state index in [0.29, 0.717) is 48.6 Å². The summed E-state index contributed by atoms with van der Waals surface area (Å²) in [5, 5.41) is 3.06. The molecule has 0 radical (unpaired) electrons. The standard InChI is InChI=1S/C19H21IN2O5/c1-25-16-9-14(15(20)10-17(16)26-2)18(23)21-13-3-6-22(7-4-13)19(24)12-5-8-27-11-12/h5,8-11,13H,3-4,6-7H2,1-2H3,(H,21,23). The molecule has 2 heterocycles. The van der Waals surface area contributed by atoms with Crippen molar-refractivity contribution in [2.24, 2.45) is 0 Å². The van der Waals surface area contributed by atoms with Gasteiger partial charge < -0.3 is 24.1 Å². The highest BCUT2D eigenvalue weighted by atomic mass is 127. The Hall–Kier alpha value is -2.23. The number of carbonyl (C=O) groups is 2. The van der Waals surface area contributed by atoms with E-state index >= 15 is 0 Å². The number of furan rings is 1. The zero-order valence-electron chi connectivity index (χ0n) is 15.2. The van der Waals surface area contributed by atoms with Crippen molar-refractivity contribution in [3.63, 3.8) is 0 Å². The number of likely N-dealkylation sites (tertiary alicyclic amines) is 1. The number of halogens is 1. The third-order valence-corrected chi connectivity index (χ3v) is 5.50. The molecule has 1 aliphatic rings. The number of hydrogen-bond acceptors (Lipinski definition) is 5. The fourth-order valence-electron chi connectivity index (χ4n) is 3.09. The SMILES string of the molecule is COc1cc(I)c(C(=O)NC2CCN(C(=O)c3ccoc3)CC2)cc1OC. The van der Waals surface area contributed by atoms with Gasteiger partial charge in [-0.3, -0.25) is 9.59 Å². The monoisotopic (exact) mass is 484 g/mol. The van der Waals surface area contributed by atoms with Gasteiger partial charge in [0.1, 0.15) is 6.26 Å². The highest BCUT2D eigenvalue weighted by Gasteiger charge is 2.26. The van der Waals surface area contributed by atoms with Crippen LogP contribution in [0, 0.1) is 3.57 Å². The van der Waals surface area contributed by atoms with Crippen molar-refractivity contribution in [3.8, 4) is 11.5 Å². The number of ether oxygens (including phenoxy) is 2. The van der Waals surface area contributed by atoms with Crippen LogP contribution in [0.2, 0.25) is 0 Å². The Morgan fingerprint density at radius 1 is 1.19 bits per heavy atom. The second-order valence-corrected chi connectivity index (χ2v) is 7.40. The molecule has 7 nitrogen and oxygen atoms in total. The smallest absolute Gasteiger partial charge is 0.257 e. The average Bonchev–Trinajstić information content (AvgIpc) is 3.22. The van der Waals surface area contributed by atoms with Crippen LogP contribution in [0.5, 0.6) is 11.5 Å². The molecule has 1 fully saturated rings. The lowest BCUT2D eigenvalue weighted by molar-refractivity contribution is 0.0697. The number of hydrogen-bond donors (Lipinski definition) is 1. The first-order valence-corrected chi connectivity index (χ1v) is 9.65. The Balaban J connectivity index is 1.60. The molecule has 0 spiro atoms. The lowest BCUT2D eigenvalue weighted by Crippen LogP contribution is -2.46. The Kier molecular flexibility index (Phi) is 6.25. The Morgan fingerprint density at radius 3 is 2.44 bits per heavy atom. The molecule has 2 aromatic rings. The summed E-state index contributed by atoms with van der Waals surface area (Å²) in [5.74, 6) is 0.913. The van der Waals surface area contributed by atoms with Crippen LogP contribution in [0.1, 0.15) is 33.6 Å². The highest BCUT2D eigenvalue weighted by Crippen LogP contribution is 2.31. The quantitative estimate of drug-likeness (QED) is 0.661. The summed E-state index contributed by atoms with van der Waals surface area (Å²) in [6.45, 7) is 1.19. The van der Waals surface area contributed by atoms with Gasteiger partial charge in [0.05, 0.1) is 31.6 Å². The van der Waals surface area contributed by atoms with Crippen LogP contribution in [0.25, 0.3) is 0 Å². The van der Waals surface area contributed by atoms with E-state index in [1.165, 1.54) is 12.5 Å². The Morgan fingerprint density at radius 2 is 1.85 bits per heavy atom. The molecule has 0 saturated carbocycles. The maximum atomic E-state index is 12.7. The first-order chi connectivity index (χ1) is 13.0. The van der Waals surface area contributed by atoms with Gasteiger partial charge in [-0.05, 0) is 53.6 Å². The minimum atomic E-state index is -0.153. The van der Waals surface area contributed by atoms with Crippen LogP contribution in [-0.2, 0) is 0 Å². The van der Waals surface area contributed by atoms with Gasteiger partial charge in [0.2, 0.25) is 0 Å². The van der Waals surface area contributed by atoms with E-state index in [1.54, 1.807) is 37.3 Å². The number of nitrogens with one attached hydrogen (secondary N) is 1. The van der Waals surface area contributed by atoms with E-state index in [-0.39, 0.29) is 17.9 Å². The summed E-state index contributed by atoms with van der Waals surface area (Å²) in [6.07, 6.45) is 4.36. The summed E-state index contributed by atoms with van der Waals surface area (Å²) in [4.78, 5) is 26.8. The van der Waals surface area contributed by atoms with E-state index in [2.05, 4.69) is 27.9 Å². The molecular weight excluding hydrogens is 463 g/mol. The van der Waals surface area contributed by atoms with E-state index in [0.717, 1.165) is 3.57 Å². The van der Waals surface area contributed by atoms with E-state index in [9.17, 15) is 9.59 Å². The molecule has 1 aliphatic heterocycles. The van der Waals surface area contributed by atoms with Gasteiger partial charge >= 0.3 is 0 Å². The van der Waals surface area contributed by atoms with Crippen LogP contribution >= 0.6 is 22.6 Å². The molecule has 1 N–H and O–H groups in total. The lowest BCUT2D eigenvalue weighted by Gasteiger charge is -2.32. The minimum absolute atomic E-state index is 0.0230. The molecule has 8 heteroatoms. The number of rotatable bonds is 5. The van der Waals surface area contributed by atoms with E-state index < -0.39 is 0 Å². The number of benzene rings is 1. The molecule has 144 valence electrons. The lowest BCUT2D eigenvalue weighted by atomic mass is 10.0. The summed E-state index contributed by atoms with van der Waals surface area (Å²) in [5.41, 5.74) is 1.10. The van der Waals surface area contributed by atoms with Crippen molar-refractivity contribution in [1.29, 1.82) is 0 Å². The van der Waals surface area contributed by atoms with Gasteiger partial charge in [-0.1, -0.05) is 0 Å². The summed E-state index contributed by atoms with van der Waals surface area (Å²) in [6, 6.07) is 5.15. The first kappa shape index (κ1) is 19.5. The summed E-state index contributed by atoms with van der Waals surface area (Å²) >= 11 is 2.11. The second-order valence-electron chi connectivity index (χ2n) is 6.24. The average molecular weight is 484 g/mol. The summed E-state index contributed by atoms with van der Waals surface area (Å²) < 4.78 is 16.3. The molecule has 2 amide bonds. The van der Waals surface area contributed by atoms with Gasteiger partial charge in [0.15, 0.2) is 11.5 Å². The van der Waals surface area contributed by atoms with Crippen LogP contribution in [0.4, 0.5) is 0 Å². The number of carbonyl (C=O) groups excluding carboxylic acids is 2. The van der Waals surface area contributed by atoms with Gasteiger partial charge in [-0.15, -0.1) is 0 Å². The highest BCUT2D eigenvalue weighted by molar-refractivity contribution is 14.1. The zero-order valence-corrected chi connectivity index (χ0v) is 17.3.